The third kappa shape index (κ3) is 4.14. The number of carbonyl (C=O) groups excluding carboxylic acids is 1. The molecule has 0 spiro atoms. The van der Waals surface area contributed by atoms with E-state index in [-0.39, 0.29) is 11.9 Å². The Hall–Kier alpha value is -2.40. The molecule has 4 rings (SSSR count). The van der Waals surface area contributed by atoms with Gasteiger partial charge in [-0.15, -0.1) is 0 Å². The standard InChI is InChI=1S/C22H28N4O/c1-18-6-4-7-19(16-18)25-14-12-24(13-15-25)17-22(27)26-11-5-9-21(26)20-8-2-3-10-23-20/h2-4,6-8,10,16,21H,5,9,11-15,17H2,1H3/t21-/m0/s1. The summed E-state index contributed by atoms with van der Waals surface area (Å²) in [4.78, 5) is 24.2. The topological polar surface area (TPSA) is 39.7 Å². The van der Waals surface area contributed by atoms with Gasteiger partial charge in [-0.3, -0.25) is 14.7 Å². The van der Waals surface area contributed by atoms with Gasteiger partial charge in [0, 0.05) is 44.6 Å². The Bertz CT molecular complexity index is 771. The summed E-state index contributed by atoms with van der Waals surface area (Å²) in [6.07, 6.45) is 3.90. The molecular formula is C22H28N4O. The Morgan fingerprint density at radius 1 is 1.07 bits per heavy atom. The van der Waals surface area contributed by atoms with Crippen LogP contribution in [0.5, 0.6) is 0 Å². The summed E-state index contributed by atoms with van der Waals surface area (Å²) in [6.45, 7) is 7.31. The summed E-state index contributed by atoms with van der Waals surface area (Å²) in [6, 6.07) is 14.8. The van der Waals surface area contributed by atoms with Crippen molar-refractivity contribution in [2.45, 2.75) is 25.8 Å². The van der Waals surface area contributed by atoms with E-state index in [1.54, 1.807) is 0 Å². The third-order valence-electron chi connectivity index (χ3n) is 5.70. The maximum absolute atomic E-state index is 12.9. The number of benzene rings is 1. The molecule has 5 heteroatoms. The first kappa shape index (κ1) is 18.0. The van der Waals surface area contributed by atoms with Gasteiger partial charge in [-0.05, 0) is 49.6 Å². The molecule has 1 atom stereocenters. The van der Waals surface area contributed by atoms with Gasteiger partial charge in [0.05, 0.1) is 18.3 Å². The van der Waals surface area contributed by atoms with Crippen molar-refractivity contribution in [1.82, 2.24) is 14.8 Å². The van der Waals surface area contributed by atoms with E-state index in [9.17, 15) is 4.79 Å². The van der Waals surface area contributed by atoms with E-state index in [0.29, 0.717) is 6.54 Å². The lowest BCUT2D eigenvalue weighted by atomic mass is 10.1. The molecular weight excluding hydrogens is 336 g/mol. The van der Waals surface area contributed by atoms with E-state index < -0.39 is 0 Å². The molecule has 0 saturated carbocycles. The van der Waals surface area contributed by atoms with E-state index >= 15 is 0 Å². The molecule has 1 amide bonds. The molecule has 3 heterocycles. The van der Waals surface area contributed by atoms with Gasteiger partial charge in [0.15, 0.2) is 0 Å². The van der Waals surface area contributed by atoms with Gasteiger partial charge in [-0.2, -0.15) is 0 Å². The molecule has 1 aromatic heterocycles. The molecule has 0 radical (unpaired) electrons. The fraction of sp³-hybridized carbons (Fsp3) is 0.455. The van der Waals surface area contributed by atoms with Crippen LogP contribution in [0.25, 0.3) is 0 Å². The van der Waals surface area contributed by atoms with Crippen molar-refractivity contribution in [2.24, 2.45) is 0 Å². The lowest BCUT2D eigenvalue weighted by Gasteiger charge is -2.37. The van der Waals surface area contributed by atoms with Gasteiger partial charge in [-0.25, -0.2) is 0 Å². The van der Waals surface area contributed by atoms with Crippen LogP contribution in [0.1, 0.15) is 30.1 Å². The molecule has 5 nitrogen and oxygen atoms in total. The first-order valence-electron chi connectivity index (χ1n) is 9.95. The number of amides is 1. The third-order valence-corrected chi connectivity index (χ3v) is 5.70. The van der Waals surface area contributed by atoms with E-state index in [1.807, 2.05) is 29.3 Å². The number of pyridine rings is 1. The van der Waals surface area contributed by atoms with Gasteiger partial charge in [0.1, 0.15) is 0 Å². The first-order valence-corrected chi connectivity index (χ1v) is 9.95. The summed E-state index contributed by atoms with van der Waals surface area (Å²) in [5.41, 5.74) is 3.60. The number of carbonyl (C=O) groups is 1. The second kappa shape index (κ2) is 8.09. The predicted molar refractivity (Wildman–Crippen MR) is 108 cm³/mol. The largest absolute Gasteiger partial charge is 0.369 e. The molecule has 0 unspecified atom stereocenters. The highest BCUT2D eigenvalue weighted by molar-refractivity contribution is 5.79. The van der Waals surface area contributed by atoms with Crippen LogP contribution >= 0.6 is 0 Å². The van der Waals surface area contributed by atoms with Crippen molar-refractivity contribution >= 4 is 11.6 Å². The first-order chi connectivity index (χ1) is 13.2. The van der Waals surface area contributed by atoms with Gasteiger partial charge >= 0.3 is 0 Å². The number of anilines is 1. The van der Waals surface area contributed by atoms with Crippen molar-refractivity contribution in [3.8, 4) is 0 Å². The number of hydrogen-bond acceptors (Lipinski definition) is 4. The van der Waals surface area contributed by atoms with Crippen LogP contribution in [0.4, 0.5) is 5.69 Å². The monoisotopic (exact) mass is 364 g/mol. The molecule has 2 saturated heterocycles. The minimum atomic E-state index is 0.146. The van der Waals surface area contributed by atoms with E-state index in [1.165, 1.54) is 11.3 Å². The highest BCUT2D eigenvalue weighted by Gasteiger charge is 2.32. The van der Waals surface area contributed by atoms with Crippen molar-refractivity contribution < 1.29 is 4.79 Å². The lowest BCUT2D eigenvalue weighted by Crippen LogP contribution is -2.50. The molecule has 2 fully saturated rings. The maximum atomic E-state index is 12.9. The number of aromatic nitrogens is 1. The number of rotatable bonds is 4. The molecule has 2 aliphatic rings. The molecule has 142 valence electrons. The minimum Gasteiger partial charge on any atom is -0.369 e. The second-order valence-corrected chi connectivity index (χ2v) is 7.60. The molecule has 2 aromatic rings. The van der Waals surface area contributed by atoms with Gasteiger partial charge in [-0.1, -0.05) is 18.2 Å². The molecule has 0 aliphatic carbocycles. The van der Waals surface area contributed by atoms with Crippen LogP contribution in [-0.4, -0.2) is 60.0 Å². The zero-order valence-electron chi connectivity index (χ0n) is 16.1. The Morgan fingerprint density at radius 2 is 1.93 bits per heavy atom. The van der Waals surface area contributed by atoms with E-state index in [4.69, 9.17) is 0 Å². The van der Waals surface area contributed by atoms with Gasteiger partial charge in [0.25, 0.3) is 0 Å². The highest BCUT2D eigenvalue weighted by Crippen LogP contribution is 2.30. The fourth-order valence-electron chi connectivity index (χ4n) is 4.22. The van der Waals surface area contributed by atoms with E-state index in [2.05, 4.69) is 46.0 Å². The lowest BCUT2D eigenvalue weighted by molar-refractivity contribution is -0.133. The average molecular weight is 364 g/mol. The number of aryl methyl sites for hydroxylation is 1. The van der Waals surface area contributed by atoms with Crippen LogP contribution in [-0.2, 0) is 4.79 Å². The van der Waals surface area contributed by atoms with Crippen molar-refractivity contribution in [1.29, 1.82) is 0 Å². The molecule has 1 aromatic carbocycles. The van der Waals surface area contributed by atoms with Crippen LogP contribution in [0.15, 0.2) is 48.7 Å². The number of nitrogens with zero attached hydrogens (tertiary/aromatic N) is 4. The smallest absolute Gasteiger partial charge is 0.237 e. The van der Waals surface area contributed by atoms with Crippen LogP contribution in [0.2, 0.25) is 0 Å². The summed E-state index contributed by atoms with van der Waals surface area (Å²) in [7, 11) is 0. The molecule has 0 N–H and O–H groups in total. The van der Waals surface area contributed by atoms with E-state index in [0.717, 1.165) is 51.3 Å². The Kier molecular flexibility index (Phi) is 5.39. The average Bonchev–Trinajstić information content (AvgIpc) is 3.19. The minimum absolute atomic E-state index is 0.146. The maximum Gasteiger partial charge on any atom is 0.237 e. The van der Waals surface area contributed by atoms with Crippen LogP contribution in [0.3, 0.4) is 0 Å². The van der Waals surface area contributed by atoms with Crippen molar-refractivity contribution in [3.05, 3.63) is 59.9 Å². The second-order valence-electron chi connectivity index (χ2n) is 7.60. The summed E-state index contributed by atoms with van der Waals surface area (Å²) < 4.78 is 0. The highest BCUT2D eigenvalue weighted by atomic mass is 16.2. The van der Waals surface area contributed by atoms with Crippen molar-refractivity contribution in [3.63, 3.8) is 0 Å². The summed E-state index contributed by atoms with van der Waals surface area (Å²) in [5.74, 6) is 0.243. The van der Waals surface area contributed by atoms with Gasteiger partial charge < -0.3 is 9.80 Å². The number of likely N-dealkylation sites (tertiary alicyclic amines) is 1. The van der Waals surface area contributed by atoms with Crippen LogP contribution in [0, 0.1) is 6.92 Å². The number of hydrogen-bond donors (Lipinski definition) is 0. The Labute approximate surface area is 161 Å². The number of piperazine rings is 1. The molecule has 27 heavy (non-hydrogen) atoms. The predicted octanol–water partition coefficient (Wildman–Crippen LogP) is 2.88. The Morgan fingerprint density at radius 3 is 2.67 bits per heavy atom. The zero-order chi connectivity index (χ0) is 18.6. The molecule has 2 aliphatic heterocycles. The summed E-state index contributed by atoms with van der Waals surface area (Å²) in [5, 5.41) is 0. The normalized spacial score (nSPS) is 20.9. The van der Waals surface area contributed by atoms with Crippen LogP contribution < -0.4 is 4.90 Å². The SMILES string of the molecule is Cc1cccc(N2CCN(CC(=O)N3CCC[C@H]3c3ccccn3)CC2)c1. The zero-order valence-corrected chi connectivity index (χ0v) is 16.1. The summed E-state index contributed by atoms with van der Waals surface area (Å²) >= 11 is 0. The quantitative estimate of drug-likeness (QED) is 0.836. The van der Waals surface area contributed by atoms with Gasteiger partial charge in [0.2, 0.25) is 5.91 Å². The molecule has 0 bridgehead atoms. The van der Waals surface area contributed by atoms with Crippen molar-refractivity contribution in [2.75, 3.05) is 44.2 Å². The Balaban J connectivity index is 1.33. The fourth-order valence-corrected chi connectivity index (χ4v) is 4.22.